The molecule has 5 nitrogen and oxygen atoms in total. The number of methoxy groups -OCH3 is 1. The Hall–Kier alpha value is -3.38. The first-order valence-corrected chi connectivity index (χ1v) is 11.1. The van der Waals surface area contributed by atoms with Crippen LogP contribution in [0.1, 0.15) is 29.9 Å². The number of carbonyl (C=O) groups excluding carboxylic acids is 1. The number of nitrogen functional groups attached to an aromatic ring is 1. The molecule has 1 atom stereocenters. The van der Waals surface area contributed by atoms with Gasteiger partial charge in [-0.2, -0.15) is 0 Å². The van der Waals surface area contributed by atoms with E-state index in [9.17, 15) is 4.79 Å². The van der Waals surface area contributed by atoms with Crippen molar-refractivity contribution < 1.29 is 9.53 Å². The van der Waals surface area contributed by atoms with E-state index in [1.165, 1.54) is 11.3 Å². The fourth-order valence-electron chi connectivity index (χ4n) is 3.44. The Bertz CT molecular complexity index is 1220. The number of anilines is 1. The molecule has 4 rings (SSSR count). The first kappa shape index (κ1) is 20.9. The lowest BCUT2D eigenvalue weighted by Gasteiger charge is -2.11. The maximum atomic E-state index is 12.9. The minimum atomic E-state index is -0.156. The molecule has 0 saturated heterocycles. The second kappa shape index (κ2) is 8.78. The van der Waals surface area contributed by atoms with Gasteiger partial charge in [-0.3, -0.25) is 4.79 Å². The minimum absolute atomic E-state index is 0.0750. The molecule has 0 fully saturated rings. The molecule has 31 heavy (non-hydrogen) atoms. The van der Waals surface area contributed by atoms with E-state index in [4.69, 9.17) is 15.5 Å². The molecule has 0 radical (unpaired) electrons. The van der Waals surface area contributed by atoms with E-state index in [1.807, 2.05) is 74.5 Å². The summed E-state index contributed by atoms with van der Waals surface area (Å²) in [5, 5.41) is 3.82. The van der Waals surface area contributed by atoms with E-state index in [2.05, 4.69) is 5.32 Å². The summed E-state index contributed by atoms with van der Waals surface area (Å²) in [6.07, 6.45) is 0.851. The molecule has 1 unspecified atom stereocenters. The molecule has 158 valence electrons. The van der Waals surface area contributed by atoms with Gasteiger partial charge in [0.05, 0.1) is 18.5 Å². The molecule has 4 aromatic rings. The van der Waals surface area contributed by atoms with Crippen molar-refractivity contribution in [2.75, 3.05) is 12.8 Å². The van der Waals surface area contributed by atoms with Crippen molar-refractivity contribution in [3.05, 3.63) is 65.5 Å². The van der Waals surface area contributed by atoms with Crippen molar-refractivity contribution in [3.63, 3.8) is 0 Å². The largest absolute Gasteiger partial charge is 0.497 e. The number of amides is 1. The molecule has 2 aromatic carbocycles. The topological polar surface area (TPSA) is 77.2 Å². The molecule has 0 bridgehead atoms. The molecular weight excluding hydrogens is 406 g/mol. The zero-order valence-electron chi connectivity index (χ0n) is 17.8. The first-order chi connectivity index (χ1) is 15.0. The molecule has 0 aliphatic rings. The van der Waals surface area contributed by atoms with Crippen LogP contribution in [-0.4, -0.2) is 24.0 Å². The van der Waals surface area contributed by atoms with Crippen molar-refractivity contribution in [2.45, 2.75) is 26.3 Å². The zero-order valence-corrected chi connectivity index (χ0v) is 18.6. The number of hydrogen-bond donors (Lipinski definition) is 2. The quantitative estimate of drug-likeness (QED) is 0.407. The number of ether oxygens (including phenoxy) is 1. The Kier molecular flexibility index (Phi) is 5.91. The maximum absolute atomic E-state index is 12.9. The number of rotatable bonds is 6. The Balaban J connectivity index is 1.92. The van der Waals surface area contributed by atoms with Crippen LogP contribution in [0, 0.1) is 0 Å². The predicted octanol–water partition coefficient (Wildman–Crippen LogP) is 5.75. The van der Waals surface area contributed by atoms with Crippen LogP contribution in [0.4, 0.5) is 5.69 Å². The molecule has 0 aliphatic heterocycles. The van der Waals surface area contributed by atoms with Crippen LogP contribution in [-0.2, 0) is 0 Å². The molecule has 6 heteroatoms. The summed E-state index contributed by atoms with van der Waals surface area (Å²) in [6.45, 7) is 4.02. The van der Waals surface area contributed by atoms with Crippen molar-refractivity contribution in [3.8, 4) is 28.1 Å². The van der Waals surface area contributed by atoms with Crippen LogP contribution >= 0.6 is 11.3 Å². The standard InChI is InChI=1S/C25H25N3O2S/c1-4-15(2)27-24(29)23-22(26)21-19(16-10-12-18(30-3)13-11-16)14-20(28-25(21)31-23)17-8-6-5-7-9-17/h5-15H,4,26H2,1-3H3,(H,27,29). The van der Waals surface area contributed by atoms with E-state index in [1.54, 1.807) is 7.11 Å². The second-order valence-electron chi connectivity index (χ2n) is 7.46. The number of benzene rings is 2. The number of carbonyl (C=O) groups is 1. The number of fused-ring (bicyclic) bond motifs is 1. The van der Waals surface area contributed by atoms with Gasteiger partial charge in [0.1, 0.15) is 15.5 Å². The van der Waals surface area contributed by atoms with Crippen molar-refractivity contribution in [1.82, 2.24) is 10.3 Å². The van der Waals surface area contributed by atoms with E-state index in [0.29, 0.717) is 10.6 Å². The number of nitrogens with two attached hydrogens (primary N) is 1. The first-order valence-electron chi connectivity index (χ1n) is 10.3. The second-order valence-corrected chi connectivity index (χ2v) is 8.46. The smallest absolute Gasteiger partial charge is 0.263 e. The van der Waals surface area contributed by atoms with Crippen molar-refractivity contribution >= 4 is 33.1 Å². The number of pyridine rings is 1. The van der Waals surface area contributed by atoms with Gasteiger partial charge in [-0.15, -0.1) is 11.3 Å². The summed E-state index contributed by atoms with van der Waals surface area (Å²) in [7, 11) is 1.65. The summed E-state index contributed by atoms with van der Waals surface area (Å²) in [4.78, 5) is 19.0. The Labute approximate surface area is 185 Å². The molecule has 0 aliphatic carbocycles. The molecular formula is C25H25N3O2S. The fraction of sp³-hybridized carbons (Fsp3) is 0.200. The van der Waals surface area contributed by atoms with Gasteiger partial charge in [0, 0.05) is 17.0 Å². The van der Waals surface area contributed by atoms with Crippen LogP contribution in [0.3, 0.4) is 0 Å². The monoisotopic (exact) mass is 431 g/mol. The third-order valence-corrected chi connectivity index (χ3v) is 6.46. The van der Waals surface area contributed by atoms with E-state index in [-0.39, 0.29) is 11.9 Å². The van der Waals surface area contributed by atoms with Gasteiger partial charge in [-0.05, 0) is 42.7 Å². The van der Waals surface area contributed by atoms with E-state index < -0.39 is 0 Å². The van der Waals surface area contributed by atoms with Crippen LogP contribution in [0.2, 0.25) is 0 Å². The molecule has 2 aromatic heterocycles. The summed E-state index contributed by atoms with van der Waals surface area (Å²) in [5.41, 5.74) is 10.8. The van der Waals surface area contributed by atoms with Crippen LogP contribution < -0.4 is 15.8 Å². The van der Waals surface area contributed by atoms with Crippen molar-refractivity contribution in [2.24, 2.45) is 0 Å². The van der Waals surface area contributed by atoms with E-state index >= 15 is 0 Å². The number of thiophene rings is 1. The van der Waals surface area contributed by atoms with Gasteiger partial charge in [-0.25, -0.2) is 4.98 Å². The lowest BCUT2D eigenvalue weighted by atomic mass is 9.99. The summed E-state index contributed by atoms with van der Waals surface area (Å²) in [5.74, 6) is 0.626. The lowest BCUT2D eigenvalue weighted by molar-refractivity contribution is 0.0944. The molecule has 3 N–H and O–H groups in total. The maximum Gasteiger partial charge on any atom is 0.263 e. The third kappa shape index (κ3) is 4.11. The highest BCUT2D eigenvalue weighted by Gasteiger charge is 2.22. The minimum Gasteiger partial charge on any atom is -0.497 e. The summed E-state index contributed by atoms with van der Waals surface area (Å²) in [6, 6.07) is 20.0. The fourth-order valence-corrected chi connectivity index (χ4v) is 4.46. The Morgan fingerprint density at radius 3 is 2.48 bits per heavy atom. The molecule has 0 saturated carbocycles. The Morgan fingerprint density at radius 2 is 1.84 bits per heavy atom. The van der Waals surface area contributed by atoms with Gasteiger partial charge in [0.25, 0.3) is 5.91 Å². The zero-order chi connectivity index (χ0) is 22.0. The number of nitrogens with one attached hydrogen (secondary N) is 1. The van der Waals surface area contributed by atoms with Crippen LogP contribution in [0.5, 0.6) is 5.75 Å². The molecule has 0 spiro atoms. The number of aromatic nitrogens is 1. The Morgan fingerprint density at radius 1 is 1.13 bits per heavy atom. The summed E-state index contributed by atoms with van der Waals surface area (Å²) >= 11 is 1.34. The van der Waals surface area contributed by atoms with Crippen LogP contribution in [0.15, 0.2) is 60.7 Å². The number of nitrogens with zero attached hydrogens (tertiary/aromatic N) is 1. The van der Waals surface area contributed by atoms with Gasteiger partial charge in [0.2, 0.25) is 0 Å². The highest BCUT2D eigenvalue weighted by Crippen LogP contribution is 2.41. The van der Waals surface area contributed by atoms with E-state index in [0.717, 1.165) is 44.8 Å². The van der Waals surface area contributed by atoms with Gasteiger partial charge in [0.15, 0.2) is 0 Å². The molecule has 1 amide bonds. The SMILES string of the molecule is CCC(C)NC(=O)c1sc2nc(-c3ccccc3)cc(-c3ccc(OC)cc3)c2c1N. The van der Waals surface area contributed by atoms with Crippen molar-refractivity contribution in [1.29, 1.82) is 0 Å². The lowest BCUT2D eigenvalue weighted by Crippen LogP contribution is -2.31. The van der Waals surface area contributed by atoms with Gasteiger partial charge >= 0.3 is 0 Å². The average Bonchev–Trinajstić information content (AvgIpc) is 3.15. The average molecular weight is 432 g/mol. The van der Waals surface area contributed by atoms with Gasteiger partial charge < -0.3 is 15.8 Å². The third-order valence-electron chi connectivity index (χ3n) is 5.37. The normalized spacial score (nSPS) is 12.0. The highest BCUT2D eigenvalue weighted by atomic mass is 32.1. The summed E-state index contributed by atoms with van der Waals surface area (Å²) < 4.78 is 5.30. The molecule has 2 heterocycles. The highest BCUT2D eigenvalue weighted by molar-refractivity contribution is 7.21. The van der Waals surface area contributed by atoms with Crippen LogP contribution in [0.25, 0.3) is 32.6 Å². The predicted molar refractivity (Wildman–Crippen MR) is 129 cm³/mol. The number of hydrogen-bond acceptors (Lipinski definition) is 5. The van der Waals surface area contributed by atoms with Gasteiger partial charge in [-0.1, -0.05) is 49.4 Å².